The largest absolute Gasteiger partial charge is 0.379 e. The Bertz CT molecular complexity index is 281. The second-order valence-corrected chi connectivity index (χ2v) is 5.31. The minimum atomic E-state index is -0.0767. The van der Waals surface area contributed by atoms with Gasteiger partial charge in [0.05, 0.1) is 12.6 Å². The molecule has 2 atom stereocenters. The normalized spacial score (nSPS) is 30.3. The van der Waals surface area contributed by atoms with Crippen molar-refractivity contribution < 1.29 is 9.53 Å². The second kappa shape index (κ2) is 6.36. The van der Waals surface area contributed by atoms with Crippen molar-refractivity contribution in [2.24, 2.45) is 0 Å². The van der Waals surface area contributed by atoms with E-state index in [0.717, 1.165) is 32.7 Å². The van der Waals surface area contributed by atoms with Crippen molar-refractivity contribution in [1.29, 1.82) is 0 Å². The fraction of sp³-hybridized carbons (Fsp3) is 0.917. The summed E-state index contributed by atoms with van der Waals surface area (Å²) >= 11 is 0. The number of piperazine rings is 1. The molecular formula is C12H24N4O2. The van der Waals surface area contributed by atoms with Crippen LogP contribution >= 0.6 is 0 Å². The average molecular weight is 256 g/mol. The molecule has 2 N–H and O–H groups in total. The highest BCUT2D eigenvalue weighted by molar-refractivity contribution is 5.74. The molecule has 2 unspecified atom stereocenters. The van der Waals surface area contributed by atoms with Gasteiger partial charge in [-0.2, -0.15) is 0 Å². The van der Waals surface area contributed by atoms with E-state index in [0.29, 0.717) is 19.2 Å². The van der Waals surface area contributed by atoms with E-state index in [9.17, 15) is 4.79 Å². The third-order valence-corrected chi connectivity index (χ3v) is 3.74. The summed E-state index contributed by atoms with van der Waals surface area (Å²) in [7, 11) is 4.23. The van der Waals surface area contributed by atoms with Crippen molar-refractivity contribution >= 4 is 6.03 Å². The molecule has 0 aromatic rings. The molecule has 2 heterocycles. The highest BCUT2D eigenvalue weighted by Gasteiger charge is 2.23. The van der Waals surface area contributed by atoms with Crippen LogP contribution in [0.25, 0.3) is 0 Å². The number of carbonyl (C=O) groups excluding carboxylic acids is 1. The van der Waals surface area contributed by atoms with Gasteiger partial charge >= 0.3 is 6.03 Å². The van der Waals surface area contributed by atoms with Crippen LogP contribution in [0.2, 0.25) is 0 Å². The average Bonchev–Trinajstić information content (AvgIpc) is 2.83. The molecule has 6 heteroatoms. The number of carbonyl (C=O) groups is 1. The molecule has 0 aromatic heterocycles. The van der Waals surface area contributed by atoms with Gasteiger partial charge in [0.1, 0.15) is 0 Å². The first-order valence-electron chi connectivity index (χ1n) is 6.66. The predicted molar refractivity (Wildman–Crippen MR) is 69.7 cm³/mol. The lowest BCUT2D eigenvalue weighted by Gasteiger charge is -2.37. The number of rotatable bonds is 3. The molecule has 0 aliphatic carbocycles. The van der Waals surface area contributed by atoms with Gasteiger partial charge in [0.2, 0.25) is 0 Å². The minimum Gasteiger partial charge on any atom is -0.379 e. The lowest BCUT2D eigenvalue weighted by molar-refractivity contribution is 0.114. The number of nitrogens with zero attached hydrogens (tertiary/aromatic N) is 2. The van der Waals surface area contributed by atoms with Crippen LogP contribution in [0.4, 0.5) is 4.79 Å². The molecular weight excluding hydrogens is 232 g/mol. The monoisotopic (exact) mass is 256 g/mol. The highest BCUT2D eigenvalue weighted by atomic mass is 16.5. The number of urea groups is 1. The molecule has 2 amide bonds. The van der Waals surface area contributed by atoms with Gasteiger partial charge in [0.15, 0.2) is 0 Å². The van der Waals surface area contributed by atoms with E-state index >= 15 is 0 Å². The van der Waals surface area contributed by atoms with Crippen LogP contribution in [0.15, 0.2) is 0 Å². The number of nitrogens with one attached hydrogen (secondary N) is 2. The number of amides is 2. The van der Waals surface area contributed by atoms with Crippen LogP contribution in [-0.2, 0) is 4.74 Å². The molecule has 0 saturated carbocycles. The zero-order chi connectivity index (χ0) is 13.0. The summed E-state index contributed by atoms with van der Waals surface area (Å²) in [4.78, 5) is 16.3. The van der Waals surface area contributed by atoms with Crippen LogP contribution in [0.1, 0.15) is 6.42 Å². The first kappa shape index (κ1) is 13.6. The first-order chi connectivity index (χ1) is 8.65. The summed E-state index contributed by atoms with van der Waals surface area (Å²) in [5.74, 6) is 0. The van der Waals surface area contributed by atoms with E-state index in [1.165, 1.54) is 0 Å². The third kappa shape index (κ3) is 3.83. The maximum absolute atomic E-state index is 11.7. The molecule has 2 aliphatic heterocycles. The third-order valence-electron chi connectivity index (χ3n) is 3.74. The molecule has 2 aliphatic rings. The topological polar surface area (TPSA) is 56.8 Å². The van der Waals surface area contributed by atoms with E-state index < -0.39 is 0 Å². The van der Waals surface area contributed by atoms with Crippen LogP contribution in [0.3, 0.4) is 0 Å². The summed E-state index contributed by atoms with van der Waals surface area (Å²) in [6, 6.07) is 0.498. The van der Waals surface area contributed by atoms with Crippen LogP contribution in [0.5, 0.6) is 0 Å². The summed E-state index contributed by atoms with van der Waals surface area (Å²) in [6.07, 6.45) is 0.916. The fourth-order valence-electron chi connectivity index (χ4n) is 2.42. The lowest BCUT2D eigenvalue weighted by Crippen LogP contribution is -2.55. The quantitative estimate of drug-likeness (QED) is 0.702. The standard InChI is InChI=1S/C12H24N4O2/c1-15-4-5-16(2)11(8-15)7-13-12(17)14-10-3-6-18-9-10/h10-11H,3-9H2,1-2H3,(H2,13,14,17). The molecule has 0 spiro atoms. The minimum absolute atomic E-state index is 0.0767. The Morgan fingerprint density at radius 3 is 2.94 bits per heavy atom. The van der Waals surface area contributed by atoms with Crippen LogP contribution in [-0.4, -0.2) is 81.4 Å². The van der Waals surface area contributed by atoms with Gasteiger partial charge in [-0.05, 0) is 20.5 Å². The van der Waals surface area contributed by atoms with E-state index in [1.54, 1.807) is 0 Å². The van der Waals surface area contributed by atoms with Crippen LogP contribution < -0.4 is 10.6 Å². The summed E-state index contributed by atoms with van der Waals surface area (Å²) in [5, 5.41) is 5.89. The maximum Gasteiger partial charge on any atom is 0.315 e. The maximum atomic E-state index is 11.7. The Kier molecular flexibility index (Phi) is 4.79. The lowest BCUT2D eigenvalue weighted by atomic mass is 10.2. The van der Waals surface area contributed by atoms with Gasteiger partial charge in [-0.3, -0.25) is 4.90 Å². The molecule has 2 fully saturated rings. The van der Waals surface area contributed by atoms with Crippen molar-refractivity contribution in [3.63, 3.8) is 0 Å². The summed E-state index contributed by atoms with van der Waals surface area (Å²) in [5.41, 5.74) is 0. The predicted octanol–water partition coefficient (Wildman–Crippen LogP) is -0.680. The fourth-order valence-corrected chi connectivity index (χ4v) is 2.42. The molecule has 104 valence electrons. The zero-order valence-corrected chi connectivity index (χ0v) is 11.3. The first-order valence-corrected chi connectivity index (χ1v) is 6.66. The number of hydrogen-bond donors (Lipinski definition) is 2. The second-order valence-electron chi connectivity index (χ2n) is 5.31. The molecule has 0 bridgehead atoms. The molecule has 2 saturated heterocycles. The molecule has 6 nitrogen and oxygen atoms in total. The molecule has 0 radical (unpaired) electrons. The number of hydrogen-bond acceptors (Lipinski definition) is 4. The van der Waals surface area contributed by atoms with Gasteiger partial charge in [-0.1, -0.05) is 0 Å². The Balaban J connectivity index is 1.67. The van der Waals surface area contributed by atoms with Gasteiger partial charge < -0.3 is 20.3 Å². The van der Waals surface area contributed by atoms with Gasteiger partial charge in [0, 0.05) is 38.8 Å². The zero-order valence-electron chi connectivity index (χ0n) is 11.3. The molecule has 2 rings (SSSR count). The molecule has 18 heavy (non-hydrogen) atoms. The van der Waals surface area contributed by atoms with Crippen molar-refractivity contribution in [2.75, 3.05) is 53.5 Å². The van der Waals surface area contributed by atoms with Crippen LogP contribution in [0, 0.1) is 0 Å². The SMILES string of the molecule is CN1CCN(C)C(CNC(=O)NC2CCOC2)C1. The van der Waals surface area contributed by atoms with Crippen molar-refractivity contribution in [2.45, 2.75) is 18.5 Å². The summed E-state index contributed by atoms with van der Waals surface area (Å²) < 4.78 is 5.23. The van der Waals surface area contributed by atoms with Gasteiger partial charge in [0.25, 0.3) is 0 Å². The number of likely N-dealkylation sites (N-methyl/N-ethyl adjacent to an activating group) is 2. The Morgan fingerprint density at radius 1 is 1.39 bits per heavy atom. The van der Waals surface area contributed by atoms with Gasteiger partial charge in [-0.25, -0.2) is 4.79 Å². The summed E-state index contributed by atoms with van der Waals surface area (Å²) in [6.45, 7) is 5.24. The Labute approximate surface area is 109 Å². The molecule has 0 aromatic carbocycles. The Hall–Kier alpha value is -0.850. The van der Waals surface area contributed by atoms with Crippen molar-refractivity contribution in [3.05, 3.63) is 0 Å². The van der Waals surface area contributed by atoms with E-state index in [-0.39, 0.29) is 12.1 Å². The van der Waals surface area contributed by atoms with Crippen molar-refractivity contribution in [3.8, 4) is 0 Å². The van der Waals surface area contributed by atoms with Crippen molar-refractivity contribution in [1.82, 2.24) is 20.4 Å². The van der Waals surface area contributed by atoms with E-state index in [1.807, 2.05) is 0 Å². The highest BCUT2D eigenvalue weighted by Crippen LogP contribution is 2.05. The van der Waals surface area contributed by atoms with Gasteiger partial charge in [-0.15, -0.1) is 0 Å². The smallest absolute Gasteiger partial charge is 0.315 e. The number of ether oxygens (including phenoxy) is 1. The Morgan fingerprint density at radius 2 is 2.22 bits per heavy atom. The van der Waals surface area contributed by atoms with E-state index in [4.69, 9.17) is 4.74 Å². The van der Waals surface area contributed by atoms with E-state index in [2.05, 4.69) is 34.5 Å².